The van der Waals surface area contributed by atoms with Crippen molar-refractivity contribution >= 4 is 17.4 Å². The second-order valence-electron chi connectivity index (χ2n) is 1.44. The molecule has 0 aliphatic rings. The lowest BCUT2D eigenvalue weighted by molar-refractivity contribution is 0.419. The van der Waals surface area contributed by atoms with Crippen molar-refractivity contribution in [3.63, 3.8) is 0 Å². The van der Waals surface area contributed by atoms with E-state index in [2.05, 4.69) is 32.1 Å². The molecule has 0 saturated heterocycles. The van der Waals surface area contributed by atoms with Gasteiger partial charge in [0.25, 0.3) is 0 Å². The van der Waals surface area contributed by atoms with Crippen LogP contribution in [0.15, 0.2) is 22.0 Å². The van der Waals surface area contributed by atoms with Gasteiger partial charge in [0.15, 0.2) is 0 Å². The summed E-state index contributed by atoms with van der Waals surface area (Å²) in [4.78, 5) is 3.68. The number of hydrogen-bond acceptors (Lipinski definition) is 4. The van der Waals surface area contributed by atoms with Crippen molar-refractivity contribution in [3.05, 3.63) is 18.0 Å². The highest BCUT2D eigenvalue weighted by Gasteiger charge is 1.89. The van der Waals surface area contributed by atoms with Crippen molar-refractivity contribution in [3.8, 4) is 0 Å². The third kappa shape index (κ3) is 1.76. The summed E-state index contributed by atoms with van der Waals surface area (Å²) in [6.07, 6.45) is 3.12. The molecule has 0 amide bonds. The summed E-state index contributed by atoms with van der Waals surface area (Å²) in [5.41, 5.74) is 0.910. The Balaban J connectivity index is 2.57. The number of aromatic nitrogens is 1. The minimum Gasteiger partial charge on any atom is -0.364 e. The van der Waals surface area contributed by atoms with Crippen LogP contribution in [0.2, 0.25) is 0 Å². The SMILES string of the molecule is S=C=NCc1cnoc1. The van der Waals surface area contributed by atoms with E-state index in [0.717, 1.165) is 5.56 Å². The van der Waals surface area contributed by atoms with Gasteiger partial charge in [-0.15, -0.1) is 0 Å². The Labute approximate surface area is 57.4 Å². The number of hydrogen-bond donors (Lipinski definition) is 0. The fourth-order valence-corrected chi connectivity index (χ4v) is 0.493. The molecule has 0 bridgehead atoms. The number of nitrogens with zero attached hydrogens (tertiary/aromatic N) is 2. The predicted molar refractivity (Wildman–Crippen MR) is 35.2 cm³/mol. The van der Waals surface area contributed by atoms with Crippen molar-refractivity contribution < 1.29 is 4.52 Å². The van der Waals surface area contributed by atoms with Crippen LogP contribution >= 0.6 is 12.2 Å². The lowest BCUT2D eigenvalue weighted by atomic mass is 10.4. The molecule has 0 aliphatic heterocycles. The summed E-state index contributed by atoms with van der Waals surface area (Å²) in [6, 6.07) is 0. The van der Waals surface area contributed by atoms with Gasteiger partial charge >= 0.3 is 0 Å². The Bertz CT molecular complexity index is 213. The molecule has 3 nitrogen and oxygen atoms in total. The smallest absolute Gasteiger partial charge is 0.128 e. The molecule has 46 valence electrons. The van der Waals surface area contributed by atoms with E-state index in [1.165, 1.54) is 6.26 Å². The largest absolute Gasteiger partial charge is 0.364 e. The minimum atomic E-state index is 0.507. The molecule has 4 heteroatoms. The van der Waals surface area contributed by atoms with Gasteiger partial charge in [0.05, 0.1) is 17.9 Å². The van der Waals surface area contributed by atoms with Crippen LogP contribution in [0.5, 0.6) is 0 Å². The van der Waals surface area contributed by atoms with Crippen LogP contribution in [0.25, 0.3) is 0 Å². The van der Waals surface area contributed by atoms with E-state index >= 15 is 0 Å². The Morgan fingerprint density at radius 3 is 3.33 bits per heavy atom. The van der Waals surface area contributed by atoms with Gasteiger partial charge in [-0.1, -0.05) is 5.16 Å². The highest BCUT2D eigenvalue weighted by atomic mass is 32.1. The minimum absolute atomic E-state index is 0.507. The van der Waals surface area contributed by atoms with Gasteiger partial charge in [-0.2, -0.15) is 0 Å². The first-order chi connectivity index (χ1) is 4.43. The molecule has 0 radical (unpaired) electrons. The van der Waals surface area contributed by atoms with E-state index < -0.39 is 0 Å². The monoisotopic (exact) mass is 140 g/mol. The number of isothiocyanates is 1. The Hall–Kier alpha value is -0.990. The van der Waals surface area contributed by atoms with E-state index in [1.54, 1.807) is 6.20 Å². The molecule has 0 aliphatic carbocycles. The maximum Gasteiger partial charge on any atom is 0.128 e. The Kier molecular flexibility index (Phi) is 2.13. The molecule has 0 aromatic carbocycles. The second kappa shape index (κ2) is 3.12. The molecule has 1 aromatic heterocycles. The van der Waals surface area contributed by atoms with Gasteiger partial charge in [0.2, 0.25) is 0 Å². The number of aliphatic imine (C=N–C) groups is 1. The fourth-order valence-electron chi connectivity index (χ4n) is 0.428. The van der Waals surface area contributed by atoms with E-state index in [1.807, 2.05) is 0 Å². The van der Waals surface area contributed by atoms with Gasteiger partial charge in [0, 0.05) is 5.56 Å². The quantitative estimate of drug-likeness (QED) is 0.458. The third-order valence-corrected chi connectivity index (χ3v) is 0.939. The highest BCUT2D eigenvalue weighted by Crippen LogP contribution is 1.96. The van der Waals surface area contributed by atoms with Crippen molar-refractivity contribution in [2.24, 2.45) is 4.99 Å². The van der Waals surface area contributed by atoms with Crippen LogP contribution in [0.1, 0.15) is 5.56 Å². The zero-order chi connectivity index (χ0) is 6.53. The average molecular weight is 140 g/mol. The average Bonchev–Trinajstić information content (AvgIpc) is 2.34. The first-order valence-electron chi connectivity index (χ1n) is 2.35. The molecule has 0 fully saturated rings. The van der Waals surface area contributed by atoms with Gasteiger partial charge in [-0.25, -0.2) is 4.99 Å². The van der Waals surface area contributed by atoms with E-state index in [0.29, 0.717) is 6.54 Å². The number of rotatable bonds is 2. The van der Waals surface area contributed by atoms with Gasteiger partial charge in [-0.3, -0.25) is 0 Å². The standard InChI is InChI=1S/C5H4N2OS/c9-4-6-1-5-2-7-8-3-5/h2-3H,1H2. The van der Waals surface area contributed by atoms with Gasteiger partial charge in [-0.05, 0) is 12.2 Å². The maximum atomic E-state index is 4.54. The normalized spacial score (nSPS) is 8.44. The molecule has 0 unspecified atom stereocenters. The lowest BCUT2D eigenvalue weighted by Crippen LogP contribution is -1.71. The van der Waals surface area contributed by atoms with Crippen molar-refractivity contribution in [2.75, 3.05) is 0 Å². The summed E-state index contributed by atoms with van der Waals surface area (Å²) in [5, 5.41) is 5.72. The summed E-state index contributed by atoms with van der Waals surface area (Å²) >= 11 is 4.36. The topological polar surface area (TPSA) is 38.4 Å². The molecule has 0 spiro atoms. The van der Waals surface area contributed by atoms with Crippen LogP contribution in [0, 0.1) is 0 Å². The van der Waals surface area contributed by atoms with Crippen LogP contribution < -0.4 is 0 Å². The molecular weight excluding hydrogens is 136 g/mol. The Morgan fingerprint density at radius 2 is 2.78 bits per heavy atom. The zero-order valence-corrected chi connectivity index (χ0v) is 5.39. The highest BCUT2D eigenvalue weighted by molar-refractivity contribution is 7.78. The van der Waals surface area contributed by atoms with E-state index in [9.17, 15) is 0 Å². The van der Waals surface area contributed by atoms with Crippen molar-refractivity contribution in [1.29, 1.82) is 0 Å². The predicted octanol–water partition coefficient (Wildman–Crippen LogP) is 1.28. The zero-order valence-electron chi connectivity index (χ0n) is 4.57. The summed E-state index contributed by atoms with van der Waals surface area (Å²) in [5.74, 6) is 0. The molecule has 0 atom stereocenters. The molecule has 0 saturated carbocycles. The molecule has 1 heterocycles. The summed E-state index contributed by atoms with van der Waals surface area (Å²) in [6.45, 7) is 0.507. The van der Waals surface area contributed by atoms with Gasteiger partial charge < -0.3 is 4.52 Å². The molecule has 1 aromatic rings. The van der Waals surface area contributed by atoms with Crippen LogP contribution in [0.4, 0.5) is 0 Å². The summed E-state index contributed by atoms with van der Waals surface area (Å²) in [7, 11) is 0. The molecule has 9 heavy (non-hydrogen) atoms. The fraction of sp³-hybridized carbons (Fsp3) is 0.200. The van der Waals surface area contributed by atoms with Crippen LogP contribution in [-0.4, -0.2) is 10.3 Å². The third-order valence-electron chi connectivity index (χ3n) is 0.810. The second-order valence-corrected chi connectivity index (χ2v) is 1.62. The van der Waals surface area contributed by atoms with Crippen molar-refractivity contribution in [2.45, 2.75) is 6.54 Å². The number of thiocarbonyl (C=S) groups is 1. The first kappa shape index (κ1) is 6.13. The van der Waals surface area contributed by atoms with E-state index in [-0.39, 0.29) is 0 Å². The molecule has 0 N–H and O–H groups in total. The van der Waals surface area contributed by atoms with Crippen LogP contribution in [0.3, 0.4) is 0 Å². The molecule has 1 rings (SSSR count). The lowest BCUT2D eigenvalue weighted by Gasteiger charge is -1.77. The Morgan fingerprint density at radius 1 is 1.89 bits per heavy atom. The maximum absolute atomic E-state index is 4.54. The first-order valence-corrected chi connectivity index (χ1v) is 2.76. The van der Waals surface area contributed by atoms with Crippen molar-refractivity contribution in [1.82, 2.24) is 5.16 Å². The van der Waals surface area contributed by atoms with E-state index in [4.69, 9.17) is 0 Å². The molecular formula is C5H4N2OS. The van der Waals surface area contributed by atoms with Gasteiger partial charge in [0.1, 0.15) is 6.26 Å². The van der Waals surface area contributed by atoms with Crippen LogP contribution in [-0.2, 0) is 6.54 Å². The summed E-state index contributed by atoms with van der Waals surface area (Å²) < 4.78 is 4.54.